The molecular formula is C22H23N3S. The molecule has 2 heterocycles. The highest BCUT2D eigenvalue weighted by Crippen LogP contribution is 2.33. The molecule has 0 amide bonds. The largest absolute Gasteiger partial charge is 0.348 e. The van der Waals surface area contributed by atoms with E-state index in [0.29, 0.717) is 0 Å². The fourth-order valence-electron chi connectivity index (χ4n) is 3.53. The van der Waals surface area contributed by atoms with Gasteiger partial charge in [0, 0.05) is 30.7 Å². The van der Waals surface area contributed by atoms with Crippen LogP contribution < -0.4 is 5.32 Å². The lowest BCUT2D eigenvalue weighted by Gasteiger charge is -2.39. The third-order valence-electron chi connectivity index (χ3n) is 5.00. The Hall–Kier alpha value is -2.59. The first kappa shape index (κ1) is 16.9. The molecule has 4 rings (SSSR count). The van der Waals surface area contributed by atoms with Crippen molar-refractivity contribution < 1.29 is 0 Å². The third-order valence-corrected chi connectivity index (χ3v) is 5.33. The minimum Gasteiger partial charge on any atom is -0.348 e. The van der Waals surface area contributed by atoms with Crippen molar-refractivity contribution in [2.75, 3.05) is 11.9 Å². The Bertz CT molecular complexity index is 909. The van der Waals surface area contributed by atoms with Gasteiger partial charge in [0.25, 0.3) is 0 Å². The molecule has 1 aliphatic heterocycles. The van der Waals surface area contributed by atoms with Gasteiger partial charge < -0.3 is 14.8 Å². The molecule has 3 aromatic rings. The van der Waals surface area contributed by atoms with Crippen LogP contribution in [-0.4, -0.2) is 21.1 Å². The van der Waals surface area contributed by atoms with Crippen LogP contribution in [0.4, 0.5) is 5.69 Å². The second kappa shape index (κ2) is 6.96. The molecule has 0 aliphatic carbocycles. The predicted molar refractivity (Wildman–Crippen MR) is 112 cm³/mol. The average molecular weight is 362 g/mol. The van der Waals surface area contributed by atoms with Crippen LogP contribution in [0, 0.1) is 13.8 Å². The fourth-order valence-corrected chi connectivity index (χ4v) is 3.85. The molecule has 26 heavy (non-hydrogen) atoms. The number of hydrogen-bond acceptors (Lipinski definition) is 1. The Balaban J connectivity index is 1.66. The summed E-state index contributed by atoms with van der Waals surface area (Å²) in [5, 5.41) is 4.19. The minimum absolute atomic E-state index is 0.129. The molecule has 0 radical (unpaired) electrons. The zero-order chi connectivity index (χ0) is 18.1. The molecule has 1 N–H and O–H groups in total. The van der Waals surface area contributed by atoms with E-state index in [1.54, 1.807) is 0 Å². The molecule has 2 aromatic carbocycles. The topological polar surface area (TPSA) is 20.2 Å². The summed E-state index contributed by atoms with van der Waals surface area (Å²) >= 11 is 5.80. The van der Waals surface area contributed by atoms with E-state index < -0.39 is 0 Å². The van der Waals surface area contributed by atoms with Gasteiger partial charge in [0.15, 0.2) is 5.11 Å². The molecule has 132 valence electrons. The van der Waals surface area contributed by atoms with Crippen molar-refractivity contribution in [2.45, 2.75) is 26.4 Å². The number of hydrogen-bond donors (Lipinski definition) is 1. The second-order valence-corrected chi connectivity index (χ2v) is 7.32. The third kappa shape index (κ3) is 3.25. The van der Waals surface area contributed by atoms with Crippen LogP contribution in [-0.2, 0) is 6.54 Å². The van der Waals surface area contributed by atoms with Gasteiger partial charge in [-0.3, -0.25) is 0 Å². The van der Waals surface area contributed by atoms with E-state index in [0.717, 1.165) is 23.9 Å². The first-order chi connectivity index (χ1) is 12.6. The van der Waals surface area contributed by atoms with Crippen LogP contribution in [0.25, 0.3) is 0 Å². The normalized spacial score (nSPS) is 16.2. The van der Waals surface area contributed by atoms with Crippen molar-refractivity contribution in [1.29, 1.82) is 0 Å². The number of nitrogens with zero attached hydrogens (tertiary/aromatic N) is 2. The predicted octanol–water partition coefficient (Wildman–Crippen LogP) is 4.91. The van der Waals surface area contributed by atoms with Gasteiger partial charge in [-0.15, -0.1) is 0 Å². The SMILES string of the molecule is Cc1ccc(NC(=S)N2CCn3cccc3[C@@H]2c2ccc(C)cc2)cc1. The molecule has 0 bridgehead atoms. The van der Waals surface area contributed by atoms with Crippen molar-refractivity contribution in [3.63, 3.8) is 0 Å². The van der Waals surface area contributed by atoms with Gasteiger partial charge in [0.1, 0.15) is 0 Å². The summed E-state index contributed by atoms with van der Waals surface area (Å²) in [6.45, 7) is 6.04. The lowest BCUT2D eigenvalue weighted by atomic mass is 9.99. The molecular weight excluding hydrogens is 338 g/mol. The number of nitrogens with one attached hydrogen (secondary N) is 1. The van der Waals surface area contributed by atoms with E-state index in [1.807, 2.05) is 0 Å². The van der Waals surface area contributed by atoms with Gasteiger partial charge in [0.05, 0.1) is 6.04 Å². The Labute approximate surface area is 160 Å². The molecule has 0 fully saturated rings. The lowest BCUT2D eigenvalue weighted by Crippen LogP contribution is -2.44. The number of thiocarbonyl (C=S) groups is 1. The molecule has 1 aromatic heterocycles. The molecule has 1 atom stereocenters. The van der Waals surface area contributed by atoms with E-state index in [1.165, 1.54) is 22.4 Å². The van der Waals surface area contributed by atoms with Crippen LogP contribution in [0.5, 0.6) is 0 Å². The molecule has 0 saturated heterocycles. The maximum absolute atomic E-state index is 5.80. The molecule has 0 spiro atoms. The minimum atomic E-state index is 0.129. The summed E-state index contributed by atoms with van der Waals surface area (Å²) in [4.78, 5) is 2.30. The highest BCUT2D eigenvalue weighted by Gasteiger charge is 2.30. The van der Waals surface area contributed by atoms with Crippen LogP contribution in [0.1, 0.15) is 28.4 Å². The molecule has 0 unspecified atom stereocenters. The van der Waals surface area contributed by atoms with Crippen LogP contribution in [0.3, 0.4) is 0 Å². The zero-order valence-corrected chi connectivity index (χ0v) is 16.0. The monoisotopic (exact) mass is 361 g/mol. The van der Waals surface area contributed by atoms with Crippen LogP contribution in [0.2, 0.25) is 0 Å². The number of rotatable bonds is 2. The Morgan fingerprint density at radius 2 is 1.58 bits per heavy atom. The average Bonchev–Trinajstić information content (AvgIpc) is 3.12. The quantitative estimate of drug-likeness (QED) is 0.655. The molecule has 0 saturated carbocycles. The van der Waals surface area contributed by atoms with Gasteiger partial charge in [-0.2, -0.15) is 0 Å². The van der Waals surface area contributed by atoms with Crippen molar-refractivity contribution in [3.8, 4) is 0 Å². The van der Waals surface area contributed by atoms with Gasteiger partial charge in [-0.25, -0.2) is 0 Å². The smallest absolute Gasteiger partial charge is 0.174 e. The van der Waals surface area contributed by atoms with E-state index in [9.17, 15) is 0 Å². The van der Waals surface area contributed by atoms with Crippen molar-refractivity contribution in [2.24, 2.45) is 0 Å². The number of benzene rings is 2. The highest BCUT2D eigenvalue weighted by atomic mass is 32.1. The van der Waals surface area contributed by atoms with E-state index in [-0.39, 0.29) is 6.04 Å². The van der Waals surface area contributed by atoms with E-state index in [4.69, 9.17) is 12.2 Å². The first-order valence-corrected chi connectivity index (χ1v) is 9.38. The van der Waals surface area contributed by atoms with Gasteiger partial charge in [-0.05, 0) is 55.9 Å². The second-order valence-electron chi connectivity index (χ2n) is 6.93. The number of aromatic nitrogens is 1. The first-order valence-electron chi connectivity index (χ1n) is 8.98. The Kier molecular flexibility index (Phi) is 4.51. The molecule has 3 nitrogen and oxygen atoms in total. The summed E-state index contributed by atoms with van der Waals surface area (Å²) in [5.41, 5.74) is 6.10. The van der Waals surface area contributed by atoms with Crippen molar-refractivity contribution in [1.82, 2.24) is 9.47 Å². The summed E-state index contributed by atoms with van der Waals surface area (Å²) in [7, 11) is 0. The van der Waals surface area contributed by atoms with E-state index in [2.05, 4.69) is 95.5 Å². The van der Waals surface area contributed by atoms with Crippen LogP contribution in [0.15, 0.2) is 66.9 Å². The van der Waals surface area contributed by atoms with E-state index >= 15 is 0 Å². The summed E-state index contributed by atoms with van der Waals surface area (Å²) in [6, 6.07) is 21.6. The number of aryl methyl sites for hydroxylation is 2. The Morgan fingerprint density at radius 3 is 2.27 bits per heavy atom. The summed E-state index contributed by atoms with van der Waals surface area (Å²) < 4.78 is 2.33. The maximum atomic E-state index is 5.80. The van der Waals surface area contributed by atoms with Gasteiger partial charge in [-0.1, -0.05) is 47.5 Å². The maximum Gasteiger partial charge on any atom is 0.174 e. The van der Waals surface area contributed by atoms with Crippen molar-refractivity contribution in [3.05, 3.63) is 89.2 Å². The van der Waals surface area contributed by atoms with Gasteiger partial charge in [0.2, 0.25) is 0 Å². The number of anilines is 1. The highest BCUT2D eigenvalue weighted by molar-refractivity contribution is 7.80. The van der Waals surface area contributed by atoms with Crippen molar-refractivity contribution >= 4 is 23.0 Å². The fraction of sp³-hybridized carbons (Fsp3) is 0.227. The van der Waals surface area contributed by atoms with Gasteiger partial charge >= 0.3 is 0 Å². The summed E-state index contributed by atoms with van der Waals surface area (Å²) in [6.07, 6.45) is 2.16. The van der Waals surface area contributed by atoms with Crippen LogP contribution >= 0.6 is 12.2 Å². The summed E-state index contributed by atoms with van der Waals surface area (Å²) in [5.74, 6) is 0. The number of fused-ring (bicyclic) bond motifs is 1. The standard InChI is InChI=1S/C22H23N3S/c1-16-5-9-18(10-6-16)21-20-4-3-13-24(20)14-15-25(21)22(26)23-19-11-7-17(2)8-12-19/h3-13,21H,14-15H2,1-2H3,(H,23,26)/t21-/m0/s1. The molecule has 4 heteroatoms. The lowest BCUT2D eigenvalue weighted by molar-refractivity contribution is 0.293. The molecule has 1 aliphatic rings. The Morgan fingerprint density at radius 1 is 0.923 bits per heavy atom. The zero-order valence-electron chi connectivity index (χ0n) is 15.1.